The second kappa shape index (κ2) is 5.74. The fourth-order valence-corrected chi connectivity index (χ4v) is 1.37. The quantitative estimate of drug-likeness (QED) is 0.745. The molecular formula is C11H14N2O4. The highest BCUT2D eigenvalue weighted by Crippen LogP contribution is 2.28. The summed E-state index contributed by atoms with van der Waals surface area (Å²) in [6, 6.07) is 1.58. The molecule has 0 unspecified atom stereocenters. The average molecular weight is 238 g/mol. The summed E-state index contributed by atoms with van der Waals surface area (Å²) in [5.74, 6) is -0.684. The number of aromatic nitrogens is 1. The van der Waals surface area contributed by atoms with E-state index >= 15 is 0 Å². The second-order valence-electron chi connectivity index (χ2n) is 3.01. The van der Waals surface area contributed by atoms with Crippen LogP contribution in [0.15, 0.2) is 18.5 Å². The number of carboxylic acid groups (broad SMARTS) is 1. The monoisotopic (exact) mass is 238 g/mol. The lowest BCUT2D eigenvalue weighted by Gasteiger charge is -2.13. The summed E-state index contributed by atoms with van der Waals surface area (Å²) in [5, 5.41) is 8.97. The Labute approximate surface area is 98.7 Å². The maximum atomic E-state index is 11.0. The first-order valence-corrected chi connectivity index (χ1v) is 4.97. The van der Waals surface area contributed by atoms with Gasteiger partial charge in [-0.15, -0.1) is 0 Å². The molecule has 0 aromatic carbocycles. The molecule has 1 aromatic heterocycles. The molecule has 1 rings (SSSR count). The first kappa shape index (κ1) is 12.8. The van der Waals surface area contributed by atoms with Gasteiger partial charge in [0.2, 0.25) is 0 Å². The lowest BCUT2D eigenvalue weighted by molar-refractivity contribution is 0.0686. The van der Waals surface area contributed by atoms with E-state index < -0.39 is 5.97 Å². The van der Waals surface area contributed by atoms with Crippen LogP contribution in [0.1, 0.15) is 23.0 Å². The van der Waals surface area contributed by atoms with Crippen LogP contribution in [-0.2, 0) is 4.74 Å². The number of carbonyl (C=O) groups is 1. The highest BCUT2D eigenvalue weighted by molar-refractivity contribution is 5.90. The highest BCUT2D eigenvalue weighted by Gasteiger charge is 2.19. The van der Waals surface area contributed by atoms with E-state index in [-0.39, 0.29) is 11.4 Å². The van der Waals surface area contributed by atoms with Crippen LogP contribution in [-0.4, -0.2) is 29.8 Å². The Hall–Kier alpha value is -2.24. The molecule has 0 saturated carbocycles. The van der Waals surface area contributed by atoms with E-state index in [4.69, 9.17) is 20.3 Å². The fraction of sp³-hybridized carbons (Fsp3) is 0.273. The number of nitrogens with two attached hydrogens (primary N) is 1. The minimum absolute atomic E-state index is 0.130. The maximum absolute atomic E-state index is 11.0. The number of rotatable bonds is 5. The van der Waals surface area contributed by atoms with Gasteiger partial charge in [-0.1, -0.05) is 0 Å². The zero-order valence-corrected chi connectivity index (χ0v) is 9.64. The highest BCUT2D eigenvalue weighted by atomic mass is 16.5. The molecule has 0 aliphatic carbocycles. The van der Waals surface area contributed by atoms with E-state index in [0.717, 1.165) is 0 Å². The average Bonchev–Trinajstić information content (AvgIpc) is 2.34. The Morgan fingerprint density at radius 1 is 1.65 bits per heavy atom. The van der Waals surface area contributed by atoms with Crippen molar-refractivity contribution in [2.24, 2.45) is 5.73 Å². The van der Waals surface area contributed by atoms with Gasteiger partial charge in [-0.2, -0.15) is 0 Å². The van der Waals surface area contributed by atoms with Crippen molar-refractivity contribution >= 4 is 11.7 Å². The zero-order valence-electron chi connectivity index (χ0n) is 9.64. The van der Waals surface area contributed by atoms with Crippen molar-refractivity contribution in [1.29, 1.82) is 0 Å². The number of hydrogen-bond donors (Lipinski definition) is 2. The lowest BCUT2D eigenvalue weighted by Crippen LogP contribution is -2.07. The number of nitrogens with zero attached hydrogens (tertiary/aromatic N) is 1. The molecule has 0 aliphatic rings. The van der Waals surface area contributed by atoms with Gasteiger partial charge >= 0.3 is 5.97 Å². The van der Waals surface area contributed by atoms with Crippen molar-refractivity contribution in [3.63, 3.8) is 0 Å². The van der Waals surface area contributed by atoms with Gasteiger partial charge in [0.15, 0.2) is 11.4 Å². The van der Waals surface area contributed by atoms with Crippen LogP contribution in [0.4, 0.5) is 0 Å². The molecule has 0 fully saturated rings. The fourth-order valence-electron chi connectivity index (χ4n) is 1.37. The summed E-state index contributed by atoms with van der Waals surface area (Å²) in [5.41, 5.74) is 5.72. The normalized spacial score (nSPS) is 11.1. The van der Waals surface area contributed by atoms with Crippen molar-refractivity contribution < 1.29 is 19.4 Å². The van der Waals surface area contributed by atoms with E-state index in [9.17, 15) is 4.79 Å². The van der Waals surface area contributed by atoms with Crippen molar-refractivity contribution in [3.8, 4) is 5.75 Å². The SMILES string of the molecule is CCOC(=CN)c1ccnc(C(=O)O)c1OC. The number of ether oxygens (including phenoxy) is 2. The molecule has 92 valence electrons. The summed E-state index contributed by atoms with van der Waals surface area (Å²) in [4.78, 5) is 14.7. The van der Waals surface area contributed by atoms with Gasteiger partial charge in [0, 0.05) is 12.4 Å². The molecule has 6 heteroatoms. The van der Waals surface area contributed by atoms with Gasteiger partial charge in [-0.25, -0.2) is 9.78 Å². The Balaban J connectivity index is 3.33. The van der Waals surface area contributed by atoms with Gasteiger partial charge < -0.3 is 20.3 Å². The van der Waals surface area contributed by atoms with Crippen molar-refractivity contribution in [1.82, 2.24) is 4.98 Å². The molecule has 1 heterocycles. The number of hydrogen-bond acceptors (Lipinski definition) is 5. The summed E-state index contributed by atoms with van der Waals surface area (Å²) in [6.07, 6.45) is 2.62. The van der Waals surface area contributed by atoms with Crippen LogP contribution >= 0.6 is 0 Å². The number of carboxylic acids is 1. The van der Waals surface area contributed by atoms with Gasteiger partial charge in [-0.3, -0.25) is 0 Å². The largest absolute Gasteiger partial charge is 0.493 e. The molecule has 0 spiro atoms. The molecule has 3 N–H and O–H groups in total. The molecule has 1 aromatic rings. The second-order valence-corrected chi connectivity index (χ2v) is 3.01. The van der Waals surface area contributed by atoms with Gasteiger partial charge in [0.1, 0.15) is 5.76 Å². The van der Waals surface area contributed by atoms with Gasteiger partial charge in [0.05, 0.1) is 19.3 Å². The first-order chi connectivity index (χ1) is 8.15. The van der Waals surface area contributed by atoms with Crippen molar-refractivity contribution in [3.05, 3.63) is 29.7 Å². The molecule has 6 nitrogen and oxygen atoms in total. The van der Waals surface area contributed by atoms with E-state index in [2.05, 4.69) is 4.98 Å². The van der Waals surface area contributed by atoms with E-state index in [1.165, 1.54) is 19.5 Å². The molecule has 0 aliphatic heterocycles. The van der Waals surface area contributed by atoms with Crippen molar-refractivity contribution in [2.75, 3.05) is 13.7 Å². The van der Waals surface area contributed by atoms with E-state index in [0.29, 0.717) is 17.9 Å². The predicted octanol–water partition coefficient (Wildman–Crippen LogP) is 1.08. The van der Waals surface area contributed by atoms with Crippen molar-refractivity contribution in [2.45, 2.75) is 6.92 Å². The van der Waals surface area contributed by atoms with Crippen LogP contribution in [0.5, 0.6) is 5.75 Å². The van der Waals surface area contributed by atoms with E-state index in [1.54, 1.807) is 13.0 Å². The van der Waals surface area contributed by atoms with Crippen LogP contribution in [0.2, 0.25) is 0 Å². The topological polar surface area (TPSA) is 94.7 Å². The van der Waals surface area contributed by atoms with Gasteiger partial charge in [0.25, 0.3) is 0 Å². The van der Waals surface area contributed by atoms with Gasteiger partial charge in [-0.05, 0) is 13.0 Å². The summed E-state index contributed by atoms with van der Waals surface area (Å²) >= 11 is 0. The number of pyridine rings is 1. The zero-order chi connectivity index (χ0) is 12.8. The Morgan fingerprint density at radius 2 is 2.35 bits per heavy atom. The molecule has 0 bridgehead atoms. The molecule has 0 atom stereocenters. The lowest BCUT2D eigenvalue weighted by atomic mass is 10.1. The third-order valence-corrected chi connectivity index (χ3v) is 2.03. The van der Waals surface area contributed by atoms with Crippen LogP contribution < -0.4 is 10.5 Å². The molecule has 17 heavy (non-hydrogen) atoms. The van der Waals surface area contributed by atoms with Crippen LogP contribution in [0.3, 0.4) is 0 Å². The predicted molar refractivity (Wildman–Crippen MR) is 61.5 cm³/mol. The maximum Gasteiger partial charge on any atom is 0.358 e. The Morgan fingerprint density at radius 3 is 2.82 bits per heavy atom. The Bertz CT molecular complexity index is 443. The van der Waals surface area contributed by atoms with Crippen LogP contribution in [0.25, 0.3) is 5.76 Å². The summed E-state index contributed by atoms with van der Waals surface area (Å²) < 4.78 is 10.3. The minimum Gasteiger partial charge on any atom is -0.493 e. The molecule has 0 saturated heterocycles. The molecule has 0 radical (unpaired) electrons. The summed E-state index contributed by atoms with van der Waals surface area (Å²) in [7, 11) is 1.37. The first-order valence-electron chi connectivity index (χ1n) is 4.97. The smallest absolute Gasteiger partial charge is 0.358 e. The third kappa shape index (κ3) is 2.66. The Kier molecular flexibility index (Phi) is 4.33. The van der Waals surface area contributed by atoms with E-state index in [1.807, 2.05) is 0 Å². The van der Waals surface area contributed by atoms with Crippen LogP contribution in [0, 0.1) is 0 Å². The standard InChI is InChI=1S/C11H14N2O4/c1-3-17-8(6-12)7-4-5-13-9(11(14)15)10(7)16-2/h4-6H,3,12H2,1-2H3,(H,14,15). The molecular weight excluding hydrogens is 224 g/mol. The third-order valence-electron chi connectivity index (χ3n) is 2.03. The number of aromatic carboxylic acids is 1. The number of methoxy groups -OCH3 is 1. The minimum atomic E-state index is -1.17. The summed E-state index contributed by atoms with van der Waals surface area (Å²) in [6.45, 7) is 2.21. The molecule has 0 amide bonds.